The Hall–Kier alpha value is -1.40. The summed E-state index contributed by atoms with van der Waals surface area (Å²) in [5, 5.41) is 27.5. The average Bonchev–Trinajstić information content (AvgIpc) is 2.51. The number of aliphatic hydroxyl groups excluding tert-OH is 2. The molecule has 0 amide bonds. The second-order valence-electron chi connectivity index (χ2n) is 2.13. The first kappa shape index (κ1) is 8.69. The predicted molar refractivity (Wildman–Crippen MR) is 37.4 cm³/mol. The van der Waals surface area contributed by atoms with Gasteiger partial charge in [0, 0.05) is 0 Å². The third kappa shape index (κ3) is 1.60. The van der Waals surface area contributed by atoms with Crippen LogP contribution < -0.4 is 0 Å². The van der Waals surface area contributed by atoms with Gasteiger partial charge >= 0.3 is 5.88 Å². The van der Waals surface area contributed by atoms with E-state index < -0.39 is 23.5 Å². The van der Waals surface area contributed by atoms with E-state index in [9.17, 15) is 10.1 Å². The highest BCUT2D eigenvalue weighted by atomic mass is 16.6. The molecule has 1 aromatic rings. The van der Waals surface area contributed by atoms with Crippen molar-refractivity contribution in [2.75, 3.05) is 6.61 Å². The van der Waals surface area contributed by atoms with E-state index in [-0.39, 0.29) is 5.76 Å². The van der Waals surface area contributed by atoms with Crippen LogP contribution in [0.4, 0.5) is 5.88 Å². The van der Waals surface area contributed by atoms with Crippen molar-refractivity contribution in [2.24, 2.45) is 0 Å². The summed E-state index contributed by atoms with van der Waals surface area (Å²) in [4.78, 5) is 9.38. The fraction of sp³-hybridized carbons (Fsp3) is 0.333. The molecule has 0 radical (unpaired) electrons. The van der Waals surface area contributed by atoms with E-state index in [0.29, 0.717) is 0 Å². The SMILES string of the molecule is O=[N+]([O-])c1ccc(C(O)CO)o1. The van der Waals surface area contributed by atoms with Crippen LogP contribution >= 0.6 is 0 Å². The lowest BCUT2D eigenvalue weighted by atomic mass is 10.3. The van der Waals surface area contributed by atoms with Crippen molar-refractivity contribution >= 4 is 5.88 Å². The van der Waals surface area contributed by atoms with Gasteiger partial charge in [0.25, 0.3) is 0 Å². The maximum atomic E-state index is 10.1. The van der Waals surface area contributed by atoms with Gasteiger partial charge in [-0.25, -0.2) is 0 Å². The van der Waals surface area contributed by atoms with Gasteiger partial charge < -0.3 is 14.6 Å². The van der Waals surface area contributed by atoms with E-state index in [1.54, 1.807) is 0 Å². The maximum Gasteiger partial charge on any atom is 0.433 e. The lowest BCUT2D eigenvalue weighted by Gasteiger charge is -1.99. The van der Waals surface area contributed by atoms with Crippen LogP contribution in [-0.2, 0) is 0 Å². The number of furan rings is 1. The van der Waals surface area contributed by atoms with E-state index in [1.165, 1.54) is 6.07 Å². The molecule has 1 heterocycles. The van der Waals surface area contributed by atoms with E-state index in [0.717, 1.165) is 6.07 Å². The van der Waals surface area contributed by atoms with Crippen molar-refractivity contribution in [3.05, 3.63) is 28.0 Å². The largest absolute Gasteiger partial charge is 0.433 e. The zero-order chi connectivity index (χ0) is 9.14. The fourth-order valence-corrected chi connectivity index (χ4v) is 0.709. The van der Waals surface area contributed by atoms with Crippen LogP contribution in [0, 0.1) is 10.1 Å². The van der Waals surface area contributed by atoms with Crippen LogP contribution in [-0.4, -0.2) is 21.7 Å². The zero-order valence-electron chi connectivity index (χ0n) is 6.01. The molecule has 1 unspecified atom stereocenters. The summed E-state index contributed by atoms with van der Waals surface area (Å²) in [6.07, 6.45) is -1.20. The van der Waals surface area contributed by atoms with E-state index >= 15 is 0 Å². The Morgan fingerprint density at radius 3 is 2.75 bits per heavy atom. The van der Waals surface area contributed by atoms with Crippen molar-refractivity contribution in [3.8, 4) is 0 Å². The molecule has 0 aliphatic carbocycles. The molecule has 0 spiro atoms. The summed E-state index contributed by atoms with van der Waals surface area (Å²) < 4.78 is 4.59. The Bertz CT molecular complexity index is 281. The van der Waals surface area contributed by atoms with Crippen molar-refractivity contribution in [1.82, 2.24) is 0 Å². The molecule has 6 heteroatoms. The van der Waals surface area contributed by atoms with Gasteiger partial charge in [-0.05, 0) is 6.07 Å². The van der Waals surface area contributed by atoms with Crippen LogP contribution in [0.1, 0.15) is 11.9 Å². The topological polar surface area (TPSA) is 96.7 Å². The fourth-order valence-electron chi connectivity index (χ4n) is 0.709. The summed E-state index contributed by atoms with van der Waals surface area (Å²) in [7, 11) is 0. The van der Waals surface area contributed by atoms with Gasteiger partial charge in [0.15, 0.2) is 0 Å². The Balaban J connectivity index is 2.84. The standard InChI is InChI=1S/C6H7NO5/c8-3-4(9)5-1-2-6(12-5)7(10)11/h1-2,4,8-9H,3H2. The Labute approximate surface area is 67.2 Å². The molecule has 0 aliphatic heterocycles. The van der Waals surface area contributed by atoms with Crippen LogP contribution in [0.25, 0.3) is 0 Å². The lowest BCUT2D eigenvalue weighted by Crippen LogP contribution is -2.00. The second-order valence-corrected chi connectivity index (χ2v) is 2.13. The molecule has 0 fully saturated rings. The number of nitrogens with zero attached hydrogens (tertiary/aromatic N) is 1. The molecular weight excluding hydrogens is 166 g/mol. The molecule has 1 aromatic heterocycles. The van der Waals surface area contributed by atoms with Gasteiger partial charge in [-0.1, -0.05) is 0 Å². The quantitative estimate of drug-likeness (QED) is 0.503. The lowest BCUT2D eigenvalue weighted by molar-refractivity contribution is -0.402. The first-order chi connectivity index (χ1) is 5.65. The molecule has 0 saturated carbocycles. The molecule has 1 atom stereocenters. The molecular formula is C6H7NO5. The van der Waals surface area contributed by atoms with Gasteiger partial charge in [0.1, 0.15) is 16.8 Å². The molecule has 12 heavy (non-hydrogen) atoms. The second kappa shape index (κ2) is 3.33. The van der Waals surface area contributed by atoms with Crippen molar-refractivity contribution < 1.29 is 19.6 Å². The summed E-state index contributed by atoms with van der Waals surface area (Å²) >= 11 is 0. The molecule has 1 rings (SSSR count). The molecule has 0 saturated heterocycles. The van der Waals surface area contributed by atoms with Gasteiger partial charge in [0.2, 0.25) is 0 Å². The molecule has 66 valence electrons. The minimum absolute atomic E-state index is 0.01000. The third-order valence-corrected chi connectivity index (χ3v) is 1.29. The van der Waals surface area contributed by atoms with E-state index in [4.69, 9.17) is 10.2 Å². The van der Waals surface area contributed by atoms with Crippen molar-refractivity contribution in [1.29, 1.82) is 0 Å². The molecule has 0 bridgehead atoms. The highest BCUT2D eigenvalue weighted by Gasteiger charge is 2.16. The normalized spacial score (nSPS) is 12.8. The maximum absolute atomic E-state index is 10.1. The number of hydrogen-bond donors (Lipinski definition) is 2. The molecule has 0 aliphatic rings. The van der Waals surface area contributed by atoms with Crippen molar-refractivity contribution in [3.63, 3.8) is 0 Å². The summed E-state index contributed by atoms with van der Waals surface area (Å²) in [6, 6.07) is 2.37. The van der Waals surface area contributed by atoms with E-state index in [2.05, 4.69) is 4.42 Å². The minimum atomic E-state index is -1.20. The smallest absolute Gasteiger partial charge is 0.403 e. The Morgan fingerprint density at radius 2 is 2.33 bits per heavy atom. The summed E-state index contributed by atoms with van der Waals surface area (Å²) in [5.74, 6) is -0.457. The third-order valence-electron chi connectivity index (χ3n) is 1.29. The number of aliphatic hydroxyl groups is 2. The number of nitro groups is 1. The molecule has 0 aromatic carbocycles. The Morgan fingerprint density at radius 1 is 1.67 bits per heavy atom. The van der Waals surface area contributed by atoms with Gasteiger partial charge in [-0.2, -0.15) is 0 Å². The number of hydrogen-bond acceptors (Lipinski definition) is 5. The Kier molecular flexibility index (Phi) is 2.41. The van der Waals surface area contributed by atoms with Gasteiger partial charge in [0.05, 0.1) is 12.7 Å². The zero-order valence-corrected chi connectivity index (χ0v) is 6.01. The van der Waals surface area contributed by atoms with E-state index in [1.807, 2.05) is 0 Å². The van der Waals surface area contributed by atoms with Crippen LogP contribution in [0.2, 0.25) is 0 Å². The van der Waals surface area contributed by atoms with Crippen LogP contribution in [0.3, 0.4) is 0 Å². The first-order valence-electron chi connectivity index (χ1n) is 3.18. The average molecular weight is 173 g/mol. The summed E-state index contributed by atoms with van der Waals surface area (Å²) in [5.41, 5.74) is 0. The minimum Gasteiger partial charge on any atom is -0.403 e. The highest BCUT2D eigenvalue weighted by Crippen LogP contribution is 2.20. The van der Waals surface area contributed by atoms with Crippen LogP contribution in [0.15, 0.2) is 16.5 Å². The summed E-state index contributed by atoms with van der Waals surface area (Å²) in [6.45, 7) is -0.523. The van der Waals surface area contributed by atoms with Gasteiger partial charge in [-0.3, -0.25) is 10.1 Å². The number of rotatable bonds is 3. The van der Waals surface area contributed by atoms with Crippen molar-refractivity contribution in [2.45, 2.75) is 6.10 Å². The molecule has 6 nitrogen and oxygen atoms in total. The predicted octanol–water partition coefficient (Wildman–Crippen LogP) is 0.213. The van der Waals surface area contributed by atoms with Gasteiger partial charge in [-0.15, -0.1) is 0 Å². The highest BCUT2D eigenvalue weighted by molar-refractivity contribution is 5.18. The monoisotopic (exact) mass is 173 g/mol. The van der Waals surface area contributed by atoms with Crippen LogP contribution in [0.5, 0.6) is 0 Å². The first-order valence-corrected chi connectivity index (χ1v) is 3.18. The molecule has 2 N–H and O–H groups in total.